The van der Waals surface area contributed by atoms with E-state index in [9.17, 15) is 13.5 Å². The van der Waals surface area contributed by atoms with Gasteiger partial charge in [-0.1, -0.05) is 6.92 Å². The van der Waals surface area contributed by atoms with Gasteiger partial charge in [0.2, 0.25) is 0 Å². The summed E-state index contributed by atoms with van der Waals surface area (Å²) in [5, 5.41) is 12.4. The third-order valence-electron chi connectivity index (χ3n) is 10.7. The topological polar surface area (TPSA) is 66.8 Å². The predicted octanol–water partition coefficient (Wildman–Crippen LogP) is 3.16. The summed E-state index contributed by atoms with van der Waals surface area (Å²) in [7, 11) is -3.41. The molecule has 5 bridgehead atoms. The molecular formula is C21H32ClNO4S. The summed E-state index contributed by atoms with van der Waals surface area (Å²) in [5.41, 5.74) is -0.444. The van der Waals surface area contributed by atoms with E-state index in [0.717, 1.165) is 51.3 Å². The zero-order chi connectivity index (χ0) is 19.7. The first-order chi connectivity index (χ1) is 13.1. The van der Waals surface area contributed by atoms with Gasteiger partial charge in [-0.25, -0.2) is 4.42 Å². The molecular weight excluding hydrogens is 398 g/mol. The van der Waals surface area contributed by atoms with E-state index in [-0.39, 0.29) is 28.2 Å². The van der Waals surface area contributed by atoms with E-state index in [1.165, 1.54) is 12.8 Å². The van der Waals surface area contributed by atoms with Crippen LogP contribution in [0.25, 0.3) is 0 Å². The van der Waals surface area contributed by atoms with Gasteiger partial charge in [-0.05, 0) is 97.6 Å². The Balaban J connectivity index is 1.44. The summed E-state index contributed by atoms with van der Waals surface area (Å²) in [5.74, 6) is 1.62. The van der Waals surface area contributed by atoms with Gasteiger partial charge in [0, 0.05) is 18.0 Å². The molecule has 8 aliphatic rings. The van der Waals surface area contributed by atoms with Crippen molar-refractivity contribution in [2.45, 2.75) is 69.9 Å². The Hall–Kier alpha value is 0.120. The van der Waals surface area contributed by atoms with Crippen molar-refractivity contribution >= 4 is 21.9 Å². The molecule has 5 nitrogen and oxygen atoms in total. The molecule has 0 amide bonds. The van der Waals surface area contributed by atoms with E-state index < -0.39 is 15.7 Å². The maximum atomic E-state index is 12.4. The van der Waals surface area contributed by atoms with Crippen LogP contribution in [0.4, 0.5) is 0 Å². The van der Waals surface area contributed by atoms with Crippen molar-refractivity contribution in [3.63, 3.8) is 0 Å². The van der Waals surface area contributed by atoms with Gasteiger partial charge in [0.25, 0.3) is 10.1 Å². The van der Waals surface area contributed by atoms with Crippen LogP contribution >= 0.6 is 11.8 Å². The lowest BCUT2D eigenvalue weighted by Gasteiger charge is -2.79. The first-order valence-corrected chi connectivity index (χ1v) is 13.2. The first kappa shape index (κ1) is 18.9. The van der Waals surface area contributed by atoms with E-state index in [0.29, 0.717) is 24.4 Å². The molecule has 0 aromatic carbocycles. The molecule has 0 aromatic heterocycles. The number of hydrogen-bond donors (Lipinski definition) is 1. The number of hydrogen-bond acceptors (Lipinski definition) is 5. The summed E-state index contributed by atoms with van der Waals surface area (Å²) in [6.07, 6.45) is 9.73. The van der Waals surface area contributed by atoms with Crippen LogP contribution in [0.3, 0.4) is 0 Å². The highest BCUT2D eigenvalue weighted by Gasteiger charge is 2.84. The lowest BCUT2D eigenvalue weighted by Crippen LogP contribution is -2.81. The van der Waals surface area contributed by atoms with Crippen molar-refractivity contribution in [1.82, 2.24) is 4.42 Å². The van der Waals surface area contributed by atoms with Gasteiger partial charge in [0.15, 0.2) is 0 Å². The van der Waals surface area contributed by atoms with Gasteiger partial charge in [-0.15, -0.1) is 0 Å². The Kier molecular flexibility index (Phi) is 3.56. The molecule has 1 N–H and O–H groups in total. The SMILES string of the molecule is C[C@]12CCC[C@]3(O)[C@@H]4CC5C[C@@H]6[C@H](N(Cl)C1)[C@]23CC[C@@]64CC5COS(C)(=O)=O. The fourth-order valence-corrected chi connectivity index (χ4v) is 11.1. The second kappa shape index (κ2) is 5.29. The number of fused-ring (bicyclic) bond motifs is 2. The lowest BCUT2D eigenvalue weighted by molar-refractivity contribution is -0.347. The molecule has 8 fully saturated rings. The average molecular weight is 430 g/mol. The largest absolute Gasteiger partial charge is 0.389 e. The molecule has 158 valence electrons. The van der Waals surface area contributed by atoms with Gasteiger partial charge < -0.3 is 5.11 Å². The third kappa shape index (κ3) is 1.90. The van der Waals surface area contributed by atoms with Crippen LogP contribution < -0.4 is 0 Å². The van der Waals surface area contributed by atoms with Crippen LogP contribution in [0, 0.1) is 39.9 Å². The van der Waals surface area contributed by atoms with Crippen molar-refractivity contribution in [2.24, 2.45) is 39.9 Å². The van der Waals surface area contributed by atoms with Crippen molar-refractivity contribution in [2.75, 3.05) is 19.4 Å². The lowest BCUT2D eigenvalue weighted by atomic mass is 9.26. The average Bonchev–Trinajstić information content (AvgIpc) is 2.86. The van der Waals surface area contributed by atoms with Gasteiger partial charge >= 0.3 is 0 Å². The summed E-state index contributed by atoms with van der Waals surface area (Å²) in [4.78, 5) is 0. The van der Waals surface area contributed by atoms with Crippen molar-refractivity contribution < 1.29 is 17.7 Å². The summed E-state index contributed by atoms with van der Waals surface area (Å²) in [6.45, 7) is 3.60. The van der Waals surface area contributed by atoms with Crippen LogP contribution in [-0.2, 0) is 14.3 Å². The predicted molar refractivity (Wildman–Crippen MR) is 106 cm³/mol. The van der Waals surface area contributed by atoms with Crippen molar-refractivity contribution in [3.05, 3.63) is 0 Å². The Bertz CT molecular complexity index is 836. The van der Waals surface area contributed by atoms with E-state index >= 15 is 0 Å². The molecule has 8 rings (SSSR count). The van der Waals surface area contributed by atoms with Crippen LogP contribution in [0.1, 0.15) is 58.3 Å². The van der Waals surface area contributed by atoms with E-state index in [2.05, 4.69) is 11.3 Å². The molecule has 28 heavy (non-hydrogen) atoms. The summed E-state index contributed by atoms with van der Waals surface area (Å²) >= 11 is 6.95. The minimum Gasteiger partial charge on any atom is -0.389 e. The van der Waals surface area contributed by atoms with Gasteiger partial charge in [-0.2, -0.15) is 8.42 Å². The molecule has 0 aromatic rings. The Labute approximate surface area is 173 Å². The molecule has 2 spiro atoms. The van der Waals surface area contributed by atoms with Crippen molar-refractivity contribution in [1.29, 1.82) is 0 Å². The molecule has 9 atom stereocenters. The number of rotatable bonds is 3. The van der Waals surface area contributed by atoms with E-state index in [4.69, 9.17) is 16.0 Å². The minimum atomic E-state index is -3.41. The monoisotopic (exact) mass is 429 g/mol. The Morgan fingerprint density at radius 3 is 2.75 bits per heavy atom. The number of aliphatic hydroxyl groups is 1. The normalized spacial score (nSPS) is 59.5. The molecule has 2 unspecified atom stereocenters. The molecule has 7 saturated carbocycles. The van der Waals surface area contributed by atoms with Gasteiger partial charge in [0.05, 0.1) is 18.5 Å². The van der Waals surface area contributed by atoms with Gasteiger partial charge in [0.1, 0.15) is 0 Å². The second-order valence-electron chi connectivity index (χ2n) is 11.4. The second-order valence-corrected chi connectivity index (χ2v) is 13.5. The van der Waals surface area contributed by atoms with E-state index in [1.807, 2.05) is 0 Å². The quantitative estimate of drug-likeness (QED) is 0.551. The zero-order valence-corrected chi connectivity index (χ0v) is 18.4. The Morgan fingerprint density at radius 2 is 2.00 bits per heavy atom. The molecule has 7 heteroatoms. The minimum absolute atomic E-state index is 0.0574. The molecule has 7 aliphatic carbocycles. The van der Waals surface area contributed by atoms with Crippen LogP contribution in [-0.4, -0.2) is 49.0 Å². The maximum Gasteiger partial charge on any atom is 0.264 e. The highest BCUT2D eigenvalue weighted by molar-refractivity contribution is 7.85. The van der Waals surface area contributed by atoms with Crippen LogP contribution in [0.5, 0.6) is 0 Å². The van der Waals surface area contributed by atoms with Crippen LogP contribution in [0.15, 0.2) is 0 Å². The maximum absolute atomic E-state index is 12.4. The van der Waals surface area contributed by atoms with E-state index in [1.54, 1.807) is 0 Å². The molecule has 1 heterocycles. The highest BCUT2D eigenvalue weighted by Crippen LogP contribution is 2.83. The van der Waals surface area contributed by atoms with Crippen LogP contribution in [0.2, 0.25) is 0 Å². The molecule has 1 aliphatic heterocycles. The van der Waals surface area contributed by atoms with Gasteiger partial charge in [-0.3, -0.25) is 4.18 Å². The Morgan fingerprint density at radius 1 is 1.21 bits per heavy atom. The standard InChI is InChI=1S/C21H32ClNO4S/c1-18-4-3-5-21(24)16-9-13-8-15-17(23(22)12-18)20(18,21)7-6-19(15,16)10-14(13)11-27-28(2,25)26/h13-17,24H,3-12H2,1-2H3/t13?,14?,15-,16-,17+,18+,19-,20-,21+/m1/s1. The fourth-order valence-electron chi connectivity index (χ4n) is 10.1. The summed E-state index contributed by atoms with van der Waals surface area (Å²) < 4.78 is 30.5. The first-order valence-electron chi connectivity index (χ1n) is 11.1. The smallest absolute Gasteiger partial charge is 0.264 e. The molecule has 0 radical (unpaired) electrons. The third-order valence-corrected chi connectivity index (χ3v) is 11.6. The highest BCUT2D eigenvalue weighted by atomic mass is 35.5. The number of halogens is 1. The molecule has 1 saturated heterocycles. The summed E-state index contributed by atoms with van der Waals surface area (Å²) in [6, 6.07) is 0.272. The fraction of sp³-hybridized carbons (Fsp3) is 1.00. The number of nitrogens with zero attached hydrogens (tertiary/aromatic N) is 1. The van der Waals surface area contributed by atoms with Crippen molar-refractivity contribution in [3.8, 4) is 0 Å². The zero-order valence-electron chi connectivity index (χ0n) is 16.9.